The fraction of sp³-hybridized carbons (Fsp3) is 1.00. The summed E-state index contributed by atoms with van der Waals surface area (Å²) in [6.45, 7) is 8.95. The second kappa shape index (κ2) is 8.86. The molecule has 0 saturated carbocycles. The summed E-state index contributed by atoms with van der Waals surface area (Å²) in [6, 6.07) is 0. The van der Waals surface area contributed by atoms with Crippen molar-refractivity contribution in [1.82, 2.24) is 4.90 Å². The minimum atomic E-state index is 0.693. The molecule has 1 fully saturated rings. The lowest BCUT2D eigenvalue weighted by atomic mass is 9.87. The zero-order chi connectivity index (χ0) is 12.5. The van der Waals surface area contributed by atoms with Crippen molar-refractivity contribution in [3.63, 3.8) is 0 Å². The maximum Gasteiger partial charge on any atom is 0.0700 e. The highest BCUT2D eigenvalue weighted by molar-refractivity contribution is 4.78. The topological polar surface area (TPSA) is 47.7 Å². The van der Waals surface area contributed by atoms with E-state index in [0.29, 0.717) is 13.2 Å². The van der Waals surface area contributed by atoms with E-state index in [0.717, 1.165) is 38.0 Å². The molecule has 102 valence electrons. The molecule has 2 unspecified atom stereocenters. The number of ether oxygens (including phenoxy) is 2. The number of methoxy groups -OCH3 is 1. The van der Waals surface area contributed by atoms with Gasteiger partial charge in [0.05, 0.1) is 13.2 Å². The summed E-state index contributed by atoms with van der Waals surface area (Å²) >= 11 is 0. The largest absolute Gasteiger partial charge is 0.382 e. The summed E-state index contributed by atoms with van der Waals surface area (Å²) in [7, 11) is 1.70. The molecular formula is C13H28N2O2. The fourth-order valence-corrected chi connectivity index (χ4v) is 2.47. The van der Waals surface area contributed by atoms with Crippen LogP contribution in [0.15, 0.2) is 0 Å². The third-order valence-corrected chi connectivity index (χ3v) is 3.66. The van der Waals surface area contributed by atoms with Crippen LogP contribution in [0.4, 0.5) is 0 Å². The van der Waals surface area contributed by atoms with Crippen LogP contribution in [-0.4, -0.2) is 58.0 Å². The van der Waals surface area contributed by atoms with Gasteiger partial charge < -0.3 is 20.1 Å². The molecule has 4 heteroatoms. The molecule has 0 bridgehead atoms. The third-order valence-electron chi connectivity index (χ3n) is 3.66. The lowest BCUT2D eigenvalue weighted by Gasteiger charge is -2.36. The van der Waals surface area contributed by atoms with Crippen LogP contribution in [0, 0.1) is 11.8 Å². The smallest absolute Gasteiger partial charge is 0.0700 e. The first-order valence-corrected chi connectivity index (χ1v) is 6.77. The van der Waals surface area contributed by atoms with Gasteiger partial charge in [-0.25, -0.2) is 0 Å². The van der Waals surface area contributed by atoms with Crippen molar-refractivity contribution < 1.29 is 9.47 Å². The summed E-state index contributed by atoms with van der Waals surface area (Å²) in [6.07, 6.45) is 2.37. The average Bonchev–Trinajstić information content (AvgIpc) is 2.34. The predicted molar refractivity (Wildman–Crippen MR) is 70.1 cm³/mol. The van der Waals surface area contributed by atoms with E-state index >= 15 is 0 Å². The minimum Gasteiger partial charge on any atom is -0.382 e. The van der Waals surface area contributed by atoms with Crippen LogP contribution < -0.4 is 5.73 Å². The normalized spacial score (nSPS) is 26.3. The summed E-state index contributed by atoms with van der Waals surface area (Å²) in [5.41, 5.74) is 5.76. The molecular weight excluding hydrogens is 216 g/mol. The number of hydrogen-bond donors (Lipinski definition) is 1. The highest BCUT2D eigenvalue weighted by Gasteiger charge is 2.24. The molecule has 1 aliphatic heterocycles. The Kier molecular flexibility index (Phi) is 7.77. The van der Waals surface area contributed by atoms with Gasteiger partial charge in [0, 0.05) is 26.8 Å². The number of nitrogens with two attached hydrogens (primary N) is 1. The van der Waals surface area contributed by atoms with E-state index in [4.69, 9.17) is 15.2 Å². The van der Waals surface area contributed by atoms with E-state index in [2.05, 4.69) is 11.8 Å². The molecule has 0 radical (unpaired) electrons. The van der Waals surface area contributed by atoms with Gasteiger partial charge in [-0.3, -0.25) is 0 Å². The number of nitrogens with zero attached hydrogens (tertiary/aromatic N) is 1. The molecule has 17 heavy (non-hydrogen) atoms. The first-order chi connectivity index (χ1) is 8.27. The van der Waals surface area contributed by atoms with E-state index in [1.165, 1.54) is 19.5 Å². The molecule has 1 aliphatic rings. The van der Waals surface area contributed by atoms with Crippen LogP contribution in [0.5, 0.6) is 0 Å². The zero-order valence-corrected chi connectivity index (χ0v) is 11.4. The van der Waals surface area contributed by atoms with Gasteiger partial charge in [0.1, 0.15) is 0 Å². The van der Waals surface area contributed by atoms with Crippen LogP contribution in [0.3, 0.4) is 0 Å². The second-order valence-electron chi connectivity index (χ2n) is 5.02. The van der Waals surface area contributed by atoms with E-state index in [1.54, 1.807) is 7.11 Å². The molecule has 0 aliphatic carbocycles. The SMILES string of the molecule is COCCOCCCN1CCC(CN)C(C)C1. The highest BCUT2D eigenvalue weighted by atomic mass is 16.5. The Morgan fingerprint density at radius 3 is 2.76 bits per heavy atom. The lowest BCUT2D eigenvalue weighted by Crippen LogP contribution is -2.42. The molecule has 1 heterocycles. The van der Waals surface area contributed by atoms with Gasteiger partial charge in [0.2, 0.25) is 0 Å². The quantitative estimate of drug-likeness (QED) is 0.646. The molecule has 0 aromatic heterocycles. The van der Waals surface area contributed by atoms with Gasteiger partial charge in [0.15, 0.2) is 0 Å². The van der Waals surface area contributed by atoms with E-state index in [9.17, 15) is 0 Å². The molecule has 1 rings (SSSR count). The van der Waals surface area contributed by atoms with Crippen molar-refractivity contribution in [3.05, 3.63) is 0 Å². The molecule has 1 saturated heterocycles. The van der Waals surface area contributed by atoms with Crippen molar-refractivity contribution in [3.8, 4) is 0 Å². The predicted octanol–water partition coefficient (Wildman–Crippen LogP) is 0.956. The van der Waals surface area contributed by atoms with Crippen molar-refractivity contribution in [2.75, 3.05) is 53.1 Å². The first-order valence-electron chi connectivity index (χ1n) is 6.77. The van der Waals surface area contributed by atoms with Crippen molar-refractivity contribution in [1.29, 1.82) is 0 Å². The van der Waals surface area contributed by atoms with E-state index < -0.39 is 0 Å². The highest BCUT2D eigenvalue weighted by Crippen LogP contribution is 2.21. The van der Waals surface area contributed by atoms with Crippen LogP contribution >= 0.6 is 0 Å². The minimum absolute atomic E-state index is 0.693. The van der Waals surface area contributed by atoms with Gasteiger partial charge in [-0.05, 0) is 37.8 Å². The van der Waals surface area contributed by atoms with Gasteiger partial charge >= 0.3 is 0 Å². The van der Waals surface area contributed by atoms with Gasteiger partial charge in [0.25, 0.3) is 0 Å². The monoisotopic (exact) mass is 244 g/mol. The van der Waals surface area contributed by atoms with Gasteiger partial charge in [-0.1, -0.05) is 6.92 Å². The summed E-state index contributed by atoms with van der Waals surface area (Å²) in [4.78, 5) is 2.54. The van der Waals surface area contributed by atoms with E-state index in [-0.39, 0.29) is 0 Å². The van der Waals surface area contributed by atoms with Gasteiger partial charge in [-0.15, -0.1) is 0 Å². The van der Waals surface area contributed by atoms with Crippen LogP contribution in [-0.2, 0) is 9.47 Å². The molecule has 2 N–H and O–H groups in total. The van der Waals surface area contributed by atoms with Crippen molar-refractivity contribution in [2.45, 2.75) is 19.8 Å². The number of likely N-dealkylation sites (tertiary alicyclic amines) is 1. The number of hydrogen-bond acceptors (Lipinski definition) is 4. The average molecular weight is 244 g/mol. The molecule has 0 amide bonds. The summed E-state index contributed by atoms with van der Waals surface area (Å²) < 4.78 is 10.4. The second-order valence-corrected chi connectivity index (χ2v) is 5.02. The molecule has 4 nitrogen and oxygen atoms in total. The third kappa shape index (κ3) is 5.82. The fourth-order valence-electron chi connectivity index (χ4n) is 2.47. The Labute approximate surface area is 105 Å². The Morgan fingerprint density at radius 1 is 1.29 bits per heavy atom. The Morgan fingerprint density at radius 2 is 2.12 bits per heavy atom. The lowest BCUT2D eigenvalue weighted by molar-refractivity contribution is 0.0598. The summed E-state index contributed by atoms with van der Waals surface area (Å²) in [5, 5.41) is 0. The maximum absolute atomic E-state index is 5.76. The van der Waals surface area contributed by atoms with Crippen molar-refractivity contribution in [2.24, 2.45) is 17.6 Å². The number of piperidine rings is 1. The summed E-state index contributed by atoms with van der Waals surface area (Å²) in [5.74, 6) is 1.47. The van der Waals surface area contributed by atoms with Crippen LogP contribution in [0.25, 0.3) is 0 Å². The maximum atomic E-state index is 5.76. The number of rotatable bonds is 8. The molecule has 0 spiro atoms. The Bertz CT molecular complexity index is 190. The van der Waals surface area contributed by atoms with E-state index in [1.807, 2.05) is 0 Å². The first kappa shape index (κ1) is 14.9. The van der Waals surface area contributed by atoms with Crippen LogP contribution in [0.2, 0.25) is 0 Å². The zero-order valence-electron chi connectivity index (χ0n) is 11.4. The standard InChI is InChI=1S/C13H28N2O2/c1-12-11-15(6-4-13(12)10-14)5-3-7-17-9-8-16-2/h12-13H,3-11,14H2,1-2H3. The molecule has 0 aromatic rings. The van der Waals surface area contributed by atoms with Gasteiger partial charge in [-0.2, -0.15) is 0 Å². The molecule has 0 aromatic carbocycles. The Balaban J connectivity index is 2.01. The van der Waals surface area contributed by atoms with Crippen molar-refractivity contribution >= 4 is 0 Å². The Hall–Kier alpha value is -0.160. The molecule has 2 atom stereocenters. The van der Waals surface area contributed by atoms with Crippen LogP contribution in [0.1, 0.15) is 19.8 Å².